The predicted octanol–water partition coefficient (Wildman–Crippen LogP) is 0.197. The van der Waals surface area contributed by atoms with E-state index in [-0.39, 0.29) is 6.10 Å². The Morgan fingerprint density at radius 2 is 2.00 bits per heavy atom. The fraction of sp³-hybridized carbons (Fsp3) is 0.500. The van der Waals surface area contributed by atoms with Crippen molar-refractivity contribution in [3.63, 3.8) is 0 Å². The topological polar surface area (TPSA) is 53.0 Å². The molecule has 3 heteroatoms. The molecule has 62 valence electrons. The van der Waals surface area contributed by atoms with E-state index in [1.54, 1.807) is 6.92 Å². The van der Waals surface area contributed by atoms with Gasteiger partial charge in [0, 0.05) is 0 Å². The second-order valence-corrected chi connectivity index (χ2v) is 2.69. The summed E-state index contributed by atoms with van der Waals surface area (Å²) in [4.78, 5) is 0. The molecule has 0 aliphatic carbocycles. The molecule has 2 N–H and O–H groups in total. The van der Waals surface area contributed by atoms with Gasteiger partial charge in [-0.25, -0.2) is 0 Å². The van der Waals surface area contributed by atoms with Gasteiger partial charge in [-0.2, -0.15) is 0 Å². The lowest BCUT2D eigenvalue weighted by Crippen LogP contribution is -2.43. The first-order chi connectivity index (χ1) is 5.00. The molecule has 0 saturated carbocycles. The van der Waals surface area contributed by atoms with E-state index in [9.17, 15) is 10.2 Å². The summed E-state index contributed by atoms with van der Waals surface area (Å²) >= 11 is 0. The molecule has 2 atom stereocenters. The van der Waals surface area contributed by atoms with E-state index in [2.05, 4.69) is 13.2 Å². The average Bonchev–Trinajstić information content (AvgIpc) is 2.63. The second-order valence-electron chi connectivity index (χ2n) is 2.69. The van der Waals surface area contributed by atoms with Crippen molar-refractivity contribution in [3.05, 3.63) is 25.3 Å². The molecular weight excluding hydrogens is 144 g/mol. The molecule has 0 amide bonds. The van der Waals surface area contributed by atoms with Crippen molar-refractivity contribution in [2.45, 2.75) is 24.4 Å². The van der Waals surface area contributed by atoms with Crippen LogP contribution in [0.5, 0.6) is 0 Å². The van der Waals surface area contributed by atoms with E-state index in [0.29, 0.717) is 0 Å². The Hall–Kier alpha value is -0.640. The lowest BCUT2D eigenvalue weighted by atomic mass is 9.95. The number of aliphatic hydroxyl groups is 2. The molecule has 0 aromatic rings. The molecular formula is C8H12O3. The Kier molecular flexibility index (Phi) is 1.67. The zero-order chi connectivity index (χ0) is 8.70. The minimum atomic E-state index is -2.01. The van der Waals surface area contributed by atoms with Gasteiger partial charge < -0.3 is 14.9 Å². The fourth-order valence-corrected chi connectivity index (χ4v) is 1.17. The van der Waals surface area contributed by atoms with Gasteiger partial charge in [-0.1, -0.05) is 19.2 Å². The van der Waals surface area contributed by atoms with Crippen molar-refractivity contribution < 1.29 is 14.9 Å². The first-order valence-corrected chi connectivity index (χ1v) is 3.40. The molecule has 2 unspecified atom stereocenters. The molecule has 1 aliphatic rings. The smallest absolute Gasteiger partial charge is 0.219 e. The van der Waals surface area contributed by atoms with E-state index in [1.807, 2.05) is 0 Å². The first-order valence-electron chi connectivity index (χ1n) is 3.40. The van der Waals surface area contributed by atoms with Crippen molar-refractivity contribution in [1.29, 1.82) is 0 Å². The van der Waals surface area contributed by atoms with Crippen LogP contribution >= 0.6 is 0 Å². The van der Waals surface area contributed by atoms with Gasteiger partial charge in [-0.05, 0) is 13.0 Å². The highest BCUT2D eigenvalue weighted by Gasteiger charge is 2.63. The van der Waals surface area contributed by atoms with Crippen LogP contribution in [-0.4, -0.2) is 27.7 Å². The molecule has 11 heavy (non-hydrogen) atoms. The normalized spacial score (nSPS) is 36.5. The maximum Gasteiger partial charge on any atom is 0.219 e. The number of rotatable bonds is 3. The minimum absolute atomic E-state index is 0.215. The monoisotopic (exact) mass is 156 g/mol. The molecule has 0 spiro atoms. The van der Waals surface area contributed by atoms with E-state index in [4.69, 9.17) is 4.74 Å². The zero-order valence-corrected chi connectivity index (χ0v) is 6.45. The summed E-state index contributed by atoms with van der Waals surface area (Å²) in [6.45, 7) is 8.50. The number of ether oxygens (including phenoxy) is 1. The molecule has 0 aromatic heterocycles. The summed E-state index contributed by atoms with van der Waals surface area (Å²) in [6.07, 6.45) is 2.21. The zero-order valence-electron chi connectivity index (χ0n) is 6.45. The number of epoxide rings is 1. The Balaban J connectivity index is 2.88. The molecule has 0 radical (unpaired) electrons. The van der Waals surface area contributed by atoms with Crippen molar-refractivity contribution in [1.82, 2.24) is 0 Å². The molecule has 0 bridgehead atoms. The molecule has 0 aromatic carbocycles. The van der Waals surface area contributed by atoms with Crippen LogP contribution in [0.25, 0.3) is 0 Å². The van der Waals surface area contributed by atoms with E-state index in [0.717, 1.165) is 6.08 Å². The highest BCUT2D eigenvalue weighted by Crippen LogP contribution is 2.45. The lowest BCUT2D eigenvalue weighted by Gasteiger charge is -2.22. The Morgan fingerprint density at radius 3 is 2.09 bits per heavy atom. The quantitative estimate of drug-likeness (QED) is 0.348. The van der Waals surface area contributed by atoms with Crippen molar-refractivity contribution in [3.8, 4) is 0 Å². The number of hydrogen-bond acceptors (Lipinski definition) is 3. The van der Waals surface area contributed by atoms with Gasteiger partial charge in [0.05, 0.1) is 6.10 Å². The minimum Gasteiger partial charge on any atom is -0.360 e. The molecule has 1 aliphatic heterocycles. The Labute approximate surface area is 65.6 Å². The predicted molar refractivity (Wildman–Crippen MR) is 40.8 cm³/mol. The summed E-state index contributed by atoms with van der Waals surface area (Å²) in [5, 5.41) is 18.7. The fourth-order valence-electron chi connectivity index (χ4n) is 1.17. The van der Waals surface area contributed by atoms with Crippen LogP contribution in [0.2, 0.25) is 0 Å². The summed E-state index contributed by atoms with van der Waals surface area (Å²) < 4.78 is 5.02. The van der Waals surface area contributed by atoms with Crippen LogP contribution in [0, 0.1) is 0 Å². The summed E-state index contributed by atoms with van der Waals surface area (Å²) in [5.74, 6) is -2.01. The van der Waals surface area contributed by atoms with Gasteiger partial charge in [0.1, 0.15) is 0 Å². The number of hydrogen-bond donors (Lipinski definition) is 2. The largest absolute Gasteiger partial charge is 0.360 e. The van der Waals surface area contributed by atoms with Crippen LogP contribution in [-0.2, 0) is 4.74 Å². The maximum absolute atomic E-state index is 9.33. The van der Waals surface area contributed by atoms with Gasteiger partial charge in [0.2, 0.25) is 5.79 Å². The van der Waals surface area contributed by atoms with Crippen molar-refractivity contribution in [2.24, 2.45) is 0 Å². The summed E-state index contributed by atoms with van der Waals surface area (Å²) in [6, 6.07) is 0. The van der Waals surface area contributed by atoms with Gasteiger partial charge in [-0.3, -0.25) is 0 Å². The molecule has 1 rings (SSSR count). The SMILES string of the molecule is C=CC(O)(O)C1(C=C)OC1C. The molecule has 1 saturated heterocycles. The van der Waals surface area contributed by atoms with E-state index in [1.165, 1.54) is 6.08 Å². The third kappa shape index (κ3) is 0.929. The standard InChI is InChI=1S/C8H12O3/c1-4-7(6(3)11-7)8(9,10)5-2/h4-6,9-10H,1-2H2,3H3. The Morgan fingerprint density at radius 1 is 1.55 bits per heavy atom. The van der Waals surface area contributed by atoms with Crippen LogP contribution in [0.15, 0.2) is 25.3 Å². The van der Waals surface area contributed by atoms with Gasteiger partial charge in [0.25, 0.3) is 0 Å². The van der Waals surface area contributed by atoms with Gasteiger partial charge >= 0.3 is 0 Å². The van der Waals surface area contributed by atoms with Crippen LogP contribution in [0.4, 0.5) is 0 Å². The first kappa shape index (κ1) is 8.46. The maximum atomic E-state index is 9.33. The van der Waals surface area contributed by atoms with E-state index >= 15 is 0 Å². The van der Waals surface area contributed by atoms with Crippen molar-refractivity contribution >= 4 is 0 Å². The van der Waals surface area contributed by atoms with Crippen LogP contribution in [0.1, 0.15) is 6.92 Å². The summed E-state index contributed by atoms with van der Waals surface area (Å²) in [7, 11) is 0. The third-order valence-electron chi connectivity index (χ3n) is 2.08. The van der Waals surface area contributed by atoms with Gasteiger partial charge in [-0.15, -0.1) is 0 Å². The molecule has 3 nitrogen and oxygen atoms in total. The lowest BCUT2D eigenvalue weighted by molar-refractivity contribution is -0.155. The van der Waals surface area contributed by atoms with Gasteiger partial charge in [0.15, 0.2) is 5.60 Å². The second kappa shape index (κ2) is 2.17. The molecule has 1 heterocycles. The highest BCUT2D eigenvalue weighted by atomic mass is 16.7. The van der Waals surface area contributed by atoms with Crippen LogP contribution < -0.4 is 0 Å². The third-order valence-corrected chi connectivity index (χ3v) is 2.08. The van der Waals surface area contributed by atoms with E-state index < -0.39 is 11.4 Å². The highest BCUT2D eigenvalue weighted by molar-refractivity contribution is 5.24. The Bertz CT molecular complexity index is 198. The van der Waals surface area contributed by atoms with Crippen molar-refractivity contribution in [2.75, 3.05) is 0 Å². The molecule has 1 fully saturated rings. The average molecular weight is 156 g/mol. The van der Waals surface area contributed by atoms with Crippen LogP contribution in [0.3, 0.4) is 0 Å². The summed E-state index contributed by atoms with van der Waals surface area (Å²) in [5.41, 5.74) is -1.05.